The molecule has 0 atom stereocenters. The van der Waals surface area contributed by atoms with E-state index >= 15 is 0 Å². The molecule has 0 aliphatic carbocycles. The van der Waals surface area contributed by atoms with Crippen LogP contribution in [-0.2, 0) is 6.42 Å². The fourth-order valence-corrected chi connectivity index (χ4v) is 2.75. The number of aryl methyl sites for hydroxylation is 1. The summed E-state index contributed by atoms with van der Waals surface area (Å²) in [5, 5.41) is 3.40. The first kappa shape index (κ1) is 11.5. The van der Waals surface area contributed by atoms with Gasteiger partial charge in [0.25, 0.3) is 0 Å². The second-order valence-corrected chi connectivity index (χ2v) is 5.15. The summed E-state index contributed by atoms with van der Waals surface area (Å²) in [4.78, 5) is 7.85. The molecule has 2 N–H and O–H groups in total. The maximum Gasteiger partial charge on any atom is 0.138 e. The molecule has 2 heterocycles. The van der Waals surface area contributed by atoms with Gasteiger partial charge in [-0.2, -0.15) is 0 Å². The van der Waals surface area contributed by atoms with Crippen LogP contribution in [0.4, 0.5) is 10.1 Å². The topological polar surface area (TPSA) is 40.7 Å². The fraction of sp³-hybridized carbons (Fsp3) is 0.188. The Morgan fingerprint density at radius 3 is 3.00 bits per heavy atom. The van der Waals surface area contributed by atoms with Gasteiger partial charge in [0.2, 0.25) is 0 Å². The normalized spacial score (nSPS) is 14.1. The van der Waals surface area contributed by atoms with E-state index in [0.717, 1.165) is 36.0 Å². The molecule has 0 bridgehead atoms. The zero-order valence-electron chi connectivity index (χ0n) is 10.9. The average Bonchev–Trinajstić information content (AvgIpc) is 2.87. The fourth-order valence-electron chi connectivity index (χ4n) is 2.75. The monoisotopic (exact) mass is 267 g/mol. The minimum Gasteiger partial charge on any atom is -0.385 e. The van der Waals surface area contributed by atoms with Gasteiger partial charge in [0.15, 0.2) is 0 Å². The number of hydrogen-bond acceptors (Lipinski definition) is 2. The van der Waals surface area contributed by atoms with Crippen LogP contribution in [0.3, 0.4) is 0 Å². The van der Waals surface area contributed by atoms with Crippen molar-refractivity contribution in [2.24, 2.45) is 0 Å². The molecule has 1 aliphatic heterocycles. The second kappa shape index (κ2) is 4.34. The van der Waals surface area contributed by atoms with E-state index in [9.17, 15) is 4.39 Å². The molecular weight excluding hydrogens is 253 g/mol. The van der Waals surface area contributed by atoms with E-state index in [2.05, 4.69) is 27.4 Å². The van der Waals surface area contributed by atoms with Crippen LogP contribution in [0.1, 0.15) is 12.0 Å². The molecule has 3 nitrogen and oxygen atoms in total. The molecule has 3 aromatic rings. The summed E-state index contributed by atoms with van der Waals surface area (Å²) in [7, 11) is 0. The molecule has 0 spiro atoms. The number of aromatic nitrogens is 2. The molecule has 0 saturated carbocycles. The highest BCUT2D eigenvalue weighted by atomic mass is 19.1. The lowest BCUT2D eigenvalue weighted by atomic mass is 10.0. The van der Waals surface area contributed by atoms with Crippen LogP contribution in [0, 0.1) is 5.82 Å². The highest BCUT2D eigenvalue weighted by Crippen LogP contribution is 2.28. The van der Waals surface area contributed by atoms with Gasteiger partial charge >= 0.3 is 0 Å². The van der Waals surface area contributed by atoms with Gasteiger partial charge in [0.05, 0.1) is 11.0 Å². The molecular formula is C16H14FN3. The molecule has 0 saturated heterocycles. The SMILES string of the molecule is Fc1cccc(-c2nc3cc4c(cc3[nH]2)CCCN4)c1. The van der Waals surface area contributed by atoms with Crippen LogP contribution >= 0.6 is 0 Å². The molecule has 0 radical (unpaired) electrons. The van der Waals surface area contributed by atoms with Gasteiger partial charge in [-0.15, -0.1) is 0 Å². The lowest BCUT2D eigenvalue weighted by Gasteiger charge is -2.17. The van der Waals surface area contributed by atoms with Crippen molar-refractivity contribution in [3.63, 3.8) is 0 Å². The Kier molecular flexibility index (Phi) is 2.49. The van der Waals surface area contributed by atoms with Crippen molar-refractivity contribution >= 4 is 16.7 Å². The molecule has 100 valence electrons. The zero-order chi connectivity index (χ0) is 13.5. The standard InChI is InChI=1S/C16H14FN3/c17-12-5-1-3-11(7-12)16-19-14-8-10-4-2-6-18-13(10)9-15(14)20-16/h1,3,5,7-9,18H,2,4,6H2,(H,19,20). The summed E-state index contributed by atoms with van der Waals surface area (Å²) in [5.41, 5.74) is 5.18. The molecule has 2 aromatic carbocycles. The minimum atomic E-state index is -0.246. The van der Waals surface area contributed by atoms with Gasteiger partial charge in [-0.05, 0) is 42.7 Å². The second-order valence-electron chi connectivity index (χ2n) is 5.15. The molecule has 1 aliphatic rings. The highest BCUT2D eigenvalue weighted by Gasteiger charge is 2.12. The highest BCUT2D eigenvalue weighted by molar-refractivity contribution is 5.84. The maximum absolute atomic E-state index is 13.3. The lowest BCUT2D eigenvalue weighted by Crippen LogP contribution is -2.11. The van der Waals surface area contributed by atoms with Crippen molar-refractivity contribution in [3.8, 4) is 11.4 Å². The van der Waals surface area contributed by atoms with Crippen molar-refractivity contribution in [2.75, 3.05) is 11.9 Å². The third-order valence-corrected chi connectivity index (χ3v) is 3.74. The van der Waals surface area contributed by atoms with Crippen LogP contribution in [0.15, 0.2) is 36.4 Å². The van der Waals surface area contributed by atoms with Crippen molar-refractivity contribution in [2.45, 2.75) is 12.8 Å². The predicted molar refractivity (Wildman–Crippen MR) is 78.3 cm³/mol. The summed E-state index contributed by atoms with van der Waals surface area (Å²) in [6.07, 6.45) is 2.25. The molecule has 0 amide bonds. The zero-order valence-corrected chi connectivity index (χ0v) is 10.9. The largest absolute Gasteiger partial charge is 0.385 e. The summed E-state index contributed by atoms with van der Waals surface area (Å²) >= 11 is 0. The quantitative estimate of drug-likeness (QED) is 0.705. The molecule has 4 rings (SSSR count). The van der Waals surface area contributed by atoms with Crippen LogP contribution in [0.5, 0.6) is 0 Å². The van der Waals surface area contributed by atoms with E-state index in [1.165, 1.54) is 23.4 Å². The third-order valence-electron chi connectivity index (χ3n) is 3.74. The van der Waals surface area contributed by atoms with Crippen LogP contribution in [0.25, 0.3) is 22.4 Å². The molecule has 0 unspecified atom stereocenters. The number of hydrogen-bond donors (Lipinski definition) is 2. The van der Waals surface area contributed by atoms with E-state index in [0.29, 0.717) is 5.82 Å². The Bertz CT molecular complexity index is 749. The first-order valence-corrected chi connectivity index (χ1v) is 6.82. The van der Waals surface area contributed by atoms with Gasteiger partial charge in [-0.25, -0.2) is 9.37 Å². The smallest absolute Gasteiger partial charge is 0.138 e. The average molecular weight is 267 g/mol. The number of aromatic amines is 1. The van der Waals surface area contributed by atoms with Crippen molar-refractivity contribution < 1.29 is 4.39 Å². The Morgan fingerprint density at radius 1 is 1.15 bits per heavy atom. The number of H-pyrrole nitrogens is 1. The number of nitrogens with one attached hydrogen (secondary N) is 2. The number of halogens is 1. The van der Waals surface area contributed by atoms with E-state index in [1.807, 2.05) is 6.07 Å². The van der Waals surface area contributed by atoms with E-state index in [1.54, 1.807) is 6.07 Å². The Balaban J connectivity index is 1.86. The predicted octanol–water partition coefficient (Wildman–Crippen LogP) is 3.73. The van der Waals surface area contributed by atoms with Gasteiger partial charge < -0.3 is 10.3 Å². The number of imidazole rings is 1. The summed E-state index contributed by atoms with van der Waals surface area (Å²) < 4.78 is 13.3. The van der Waals surface area contributed by atoms with E-state index < -0.39 is 0 Å². The number of fused-ring (bicyclic) bond motifs is 2. The van der Waals surface area contributed by atoms with Gasteiger partial charge in [0.1, 0.15) is 11.6 Å². The first-order valence-electron chi connectivity index (χ1n) is 6.82. The Morgan fingerprint density at radius 2 is 2.10 bits per heavy atom. The molecule has 20 heavy (non-hydrogen) atoms. The van der Waals surface area contributed by atoms with Gasteiger partial charge in [0, 0.05) is 17.8 Å². The first-order chi connectivity index (χ1) is 9.79. The number of nitrogens with zero attached hydrogens (tertiary/aromatic N) is 1. The van der Waals surface area contributed by atoms with Crippen LogP contribution < -0.4 is 5.32 Å². The van der Waals surface area contributed by atoms with Crippen molar-refractivity contribution in [3.05, 3.63) is 47.8 Å². The minimum absolute atomic E-state index is 0.246. The van der Waals surface area contributed by atoms with Gasteiger partial charge in [-0.3, -0.25) is 0 Å². The van der Waals surface area contributed by atoms with Gasteiger partial charge in [-0.1, -0.05) is 12.1 Å². The Labute approximate surface area is 115 Å². The number of anilines is 1. The number of benzene rings is 2. The summed E-state index contributed by atoms with van der Waals surface area (Å²) in [5.74, 6) is 0.464. The summed E-state index contributed by atoms with van der Waals surface area (Å²) in [6.45, 7) is 1.01. The Hall–Kier alpha value is -2.36. The van der Waals surface area contributed by atoms with Crippen molar-refractivity contribution in [1.29, 1.82) is 0 Å². The van der Waals surface area contributed by atoms with E-state index in [-0.39, 0.29) is 5.82 Å². The molecule has 4 heteroatoms. The maximum atomic E-state index is 13.3. The molecule has 1 aromatic heterocycles. The van der Waals surface area contributed by atoms with E-state index in [4.69, 9.17) is 0 Å². The number of rotatable bonds is 1. The lowest BCUT2D eigenvalue weighted by molar-refractivity contribution is 0.628. The third kappa shape index (κ3) is 1.84. The van der Waals surface area contributed by atoms with Crippen molar-refractivity contribution in [1.82, 2.24) is 9.97 Å². The van der Waals surface area contributed by atoms with Crippen LogP contribution in [0.2, 0.25) is 0 Å². The van der Waals surface area contributed by atoms with Crippen LogP contribution in [-0.4, -0.2) is 16.5 Å². The summed E-state index contributed by atoms with van der Waals surface area (Å²) in [6, 6.07) is 10.7. The molecule has 0 fully saturated rings.